The highest BCUT2D eigenvalue weighted by Crippen LogP contribution is 2.33. The third kappa shape index (κ3) is 5.31. The predicted octanol–water partition coefficient (Wildman–Crippen LogP) is 5.27. The first-order valence-electron chi connectivity index (χ1n) is 7.60. The van der Waals surface area contributed by atoms with Crippen molar-refractivity contribution < 1.29 is 17.4 Å². The van der Waals surface area contributed by atoms with Gasteiger partial charge < -0.3 is 0 Å². The summed E-state index contributed by atoms with van der Waals surface area (Å²) in [6, 6.07) is 4.65. The average Bonchev–Trinajstić information content (AvgIpc) is 2.48. The molecule has 0 amide bonds. The molecule has 0 heterocycles. The Bertz CT molecular complexity index is 588. The fourth-order valence-electron chi connectivity index (χ4n) is 2.26. The highest BCUT2D eigenvalue weighted by molar-refractivity contribution is 7.84. The Morgan fingerprint density at radius 1 is 1.12 bits per heavy atom. The van der Waals surface area contributed by atoms with Crippen LogP contribution in [0.1, 0.15) is 44.4 Å². The van der Waals surface area contributed by atoms with Gasteiger partial charge in [0.05, 0.1) is 16.4 Å². The van der Waals surface area contributed by atoms with Crippen molar-refractivity contribution in [3.63, 3.8) is 0 Å². The molecule has 0 spiro atoms. The summed E-state index contributed by atoms with van der Waals surface area (Å²) in [6.45, 7) is 13.4. The monoisotopic (exact) mass is 359 g/mol. The van der Waals surface area contributed by atoms with Gasteiger partial charge in [0.25, 0.3) is 0 Å². The molecular formula is C18H24F3NOS. The largest absolute Gasteiger partial charge is 0.416 e. The van der Waals surface area contributed by atoms with Gasteiger partial charge in [-0.25, -0.2) is 8.51 Å². The van der Waals surface area contributed by atoms with E-state index in [4.69, 9.17) is 0 Å². The SMILES string of the molecule is C=CCC(c1ccc(C(F)(F)F)cc1)N(CC=C)S(=O)C(C)(C)C. The van der Waals surface area contributed by atoms with Crippen LogP contribution in [0.5, 0.6) is 0 Å². The second kappa shape index (κ2) is 8.12. The Morgan fingerprint density at radius 3 is 2.04 bits per heavy atom. The summed E-state index contributed by atoms with van der Waals surface area (Å²) in [4.78, 5) is 0. The van der Waals surface area contributed by atoms with Crippen molar-refractivity contribution in [1.82, 2.24) is 4.31 Å². The fraction of sp³-hybridized carbons (Fsp3) is 0.444. The number of nitrogens with zero attached hydrogens (tertiary/aromatic N) is 1. The van der Waals surface area contributed by atoms with Crippen molar-refractivity contribution in [2.24, 2.45) is 0 Å². The van der Waals surface area contributed by atoms with E-state index in [0.29, 0.717) is 18.5 Å². The van der Waals surface area contributed by atoms with Crippen LogP contribution in [-0.2, 0) is 17.2 Å². The van der Waals surface area contributed by atoms with Crippen molar-refractivity contribution in [1.29, 1.82) is 0 Å². The molecule has 0 bridgehead atoms. The summed E-state index contributed by atoms with van der Waals surface area (Å²) in [5.41, 5.74) is -0.0295. The lowest BCUT2D eigenvalue weighted by molar-refractivity contribution is -0.137. The first kappa shape index (κ1) is 20.6. The normalized spacial score (nSPS) is 15.1. The summed E-state index contributed by atoms with van der Waals surface area (Å²) >= 11 is 0. The standard InChI is InChI=1S/C18H24F3NOS/c1-6-8-16(22(13-7-2)24(23)17(3,4)5)14-9-11-15(12-10-14)18(19,20)21/h6-7,9-12,16H,1-2,8,13H2,3-5H3. The minimum absolute atomic E-state index is 0.331. The molecule has 0 aliphatic heterocycles. The summed E-state index contributed by atoms with van der Waals surface area (Å²) in [7, 11) is -1.34. The molecule has 2 atom stereocenters. The van der Waals surface area contributed by atoms with Crippen LogP contribution >= 0.6 is 0 Å². The molecule has 0 radical (unpaired) electrons. The number of hydrogen-bond acceptors (Lipinski definition) is 1. The van der Waals surface area contributed by atoms with Crippen molar-refractivity contribution in [3.8, 4) is 0 Å². The molecule has 134 valence electrons. The molecule has 0 N–H and O–H groups in total. The van der Waals surface area contributed by atoms with Crippen LogP contribution in [-0.4, -0.2) is 19.8 Å². The van der Waals surface area contributed by atoms with E-state index in [2.05, 4.69) is 13.2 Å². The molecule has 2 unspecified atom stereocenters. The van der Waals surface area contributed by atoms with Gasteiger partial charge in [0.15, 0.2) is 0 Å². The van der Waals surface area contributed by atoms with Crippen LogP contribution in [0.3, 0.4) is 0 Å². The van der Waals surface area contributed by atoms with E-state index in [1.54, 1.807) is 16.5 Å². The van der Waals surface area contributed by atoms with Crippen molar-refractivity contribution in [2.75, 3.05) is 6.54 Å². The van der Waals surface area contributed by atoms with E-state index in [0.717, 1.165) is 12.1 Å². The number of rotatable bonds is 7. The van der Waals surface area contributed by atoms with E-state index in [9.17, 15) is 17.4 Å². The van der Waals surface area contributed by atoms with Crippen LogP contribution in [0.25, 0.3) is 0 Å². The van der Waals surface area contributed by atoms with Crippen LogP contribution in [0.4, 0.5) is 13.2 Å². The molecule has 1 aromatic rings. The zero-order valence-corrected chi connectivity index (χ0v) is 15.1. The van der Waals surface area contributed by atoms with Gasteiger partial charge >= 0.3 is 6.18 Å². The third-order valence-electron chi connectivity index (χ3n) is 3.41. The first-order valence-corrected chi connectivity index (χ1v) is 8.70. The van der Waals surface area contributed by atoms with Gasteiger partial charge in [0.2, 0.25) is 0 Å². The maximum atomic E-state index is 12.8. The number of alkyl halides is 3. The molecule has 1 rings (SSSR count). The van der Waals surface area contributed by atoms with Gasteiger partial charge in [0.1, 0.15) is 11.0 Å². The van der Waals surface area contributed by atoms with Crippen LogP contribution < -0.4 is 0 Å². The van der Waals surface area contributed by atoms with Gasteiger partial charge in [-0.1, -0.05) is 24.3 Å². The van der Waals surface area contributed by atoms with E-state index in [-0.39, 0.29) is 6.04 Å². The maximum absolute atomic E-state index is 12.8. The second-order valence-electron chi connectivity index (χ2n) is 6.41. The number of halogens is 3. The van der Waals surface area contributed by atoms with E-state index in [1.165, 1.54) is 12.1 Å². The number of benzene rings is 1. The summed E-state index contributed by atoms with van der Waals surface area (Å²) in [5.74, 6) is 0. The molecule has 24 heavy (non-hydrogen) atoms. The Labute approximate surface area is 144 Å². The van der Waals surface area contributed by atoms with Crippen molar-refractivity contribution in [2.45, 2.75) is 44.2 Å². The van der Waals surface area contributed by atoms with Gasteiger partial charge in [-0.05, 0) is 44.9 Å². The second-order valence-corrected chi connectivity index (χ2v) is 8.60. The first-order chi connectivity index (χ1) is 11.0. The van der Waals surface area contributed by atoms with Gasteiger partial charge in [-0.15, -0.1) is 13.2 Å². The summed E-state index contributed by atoms with van der Waals surface area (Å²) in [6.07, 6.45) is -0.579. The molecule has 1 aromatic carbocycles. The molecule has 2 nitrogen and oxygen atoms in total. The minimum atomic E-state index is -4.37. The Balaban J connectivity index is 3.25. The lowest BCUT2D eigenvalue weighted by Gasteiger charge is -2.34. The zero-order valence-electron chi connectivity index (χ0n) is 14.3. The highest BCUT2D eigenvalue weighted by Gasteiger charge is 2.33. The molecular weight excluding hydrogens is 335 g/mol. The van der Waals surface area contributed by atoms with Crippen LogP contribution in [0.15, 0.2) is 49.6 Å². The molecule has 0 saturated heterocycles. The quantitative estimate of drug-likeness (QED) is 0.607. The fourth-order valence-corrected chi connectivity index (χ4v) is 3.64. The molecule has 0 aromatic heterocycles. The summed E-state index contributed by atoms with van der Waals surface area (Å²) in [5, 5.41) is 0. The van der Waals surface area contributed by atoms with Crippen LogP contribution in [0.2, 0.25) is 0 Å². The molecule has 6 heteroatoms. The topological polar surface area (TPSA) is 20.3 Å². The van der Waals surface area contributed by atoms with Gasteiger partial charge in [-0.3, -0.25) is 0 Å². The average molecular weight is 359 g/mol. The van der Waals surface area contributed by atoms with Gasteiger partial charge in [0, 0.05) is 6.54 Å². The number of hydrogen-bond donors (Lipinski definition) is 0. The smallest absolute Gasteiger partial charge is 0.242 e. The van der Waals surface area contributed by atoms with Gasteiger partial charge in [-0.2, -0.15) is 13.2 Å². The lowest BCUT2D eigenvalue weighted by Crippen LogP contribution is -2.40. The lowest BCUT2D eigenvalue weighted by atomic mass is 10.0. The Hall–Kier alpha value is -1.40. The highest BCUT2D eigenvalue weighted by atomic mass is 32.2. The maximum Gasteiger partial charge on any atom is 0.416 e. The van der Waals surface area contributed by atoms with E-state index in [1.807, 2.05) is 20.8 Å². The molecule has 0 aliphatic rings. The van der Waals surface area contributed by atoms with Crippen molar-refractivity contribution >= 4 is 11.0 Å². The van der Waals surface area contributed by atoms with E-state index < -0.39 is 27.5 Å². The molecule has 0 saturated carbocycles. The van der Waals surface area contributed by atoms with E-state index >= 15 is 0 Å². The Kier molecular flexibility index (Phi) is 6.98. The van der Waals surface area contributed by atoms with Crippen molar-refractivity contribution in [3.05, 3.63) is 60.7 Å². The van der Waals surface area contributed by atoms with Crippen LogP contribution in [0, 0.1) is 0 Å². The summed E-state index contributed by atoms with van der Waals surface area (Å²) < 4.78 is 52.3. The minimum Gasteiger partial charge on any atom is -0.242 e. The molecule has 0 aliphatic carbocycles. The Morgan fingerprint density at radius 2 is 1.67 bits per heavy atom. The zero-order chi connectivity index (χ0) is 18.5. The molecule has 0 fully saturated rings. The predicted molar refractivity (Wildman–Crippen MR) is 93.8 cm³/mol. The third-order valence-corrected chi connectivity index (χ3v) is 5.28.